The number of nitrogen functional groups attached to an aromatic ring is 1. The Balaban J connectivity index is 1.83. The maximum absolute atomic E-state index is 13.6. The molecule has 1 aliphatic carbocycles. The highest BCUT2D eigenvalue weighted by molar-refractivity contribution is 7.14. The van der Waals surface area contributed by atoms with Crippen molar-refractivity contribution in [3.05, 3.63) is 45.2 Å². The number of benzene rings is 1. The highest BCUT2D eigenvalue weighted by atomic mass is 32.1. The summed E-state index contributed by atoms with van der Waals surface area (Å²) in [6, 6.07) is 3.62. The molecule has 2 aromatic rings. The summed E-state index contributed by atoms with van der Waals surface area (Å²) < 4.78 is 26.7. The Bertz CT molecular complexity index is 688. The van der Waals surface area contributed by atoms with E-state index >= 15 is 0 Å². The Kier molecular flexibility index (Phi) is 3.63. The number of carbonyl (C=O) groups excluding carboxylic acids is 1. The van der Waals surface area contributed by atoms with Crippen molar-refractivity contribution in [1.82, 2.24) is 0 Å². The molecule has 0 spiro atoms. The lowest BCUT2D eigenvalue weighted by molar-refractivity contribution is 0.103. The van der Waals surface area contributed by atoms with E-state index in [4.69, 9.17) is 5.73 Å². The molecule has 0 fully saturated rings. The van der Waals surface area contributed by atoms with Crippen molar-refractivity contribution in [3.63, 3.8) is 0 Å². The van der Waals surface area contributed by atoms with E-state index in [2.05, 4.69) is 5.32 Å². The predicted octanol–water partition coefficient (Wildman–Crippen LogP) is 3.74. The third-order valence-electron chi connectivity index (χ3n) is 3.55. The van der Waals surface area contributed by atoms with Crippen LogP contribution in [0.25, 0.3) is 0 Å². The van der Waals surface area contributed by atoms with Crippen molar-refractivity contribution in [2.24, 2.45) is 0 Å². The van der Waals surface area contributed by atoms with Crippen LogP contribution in [0.1, 0.15) is 33.0 Å². The van der Waals surface area contributed by atoms with Crippen LogP contribution in [0.15, 0.2) is 18.2 Å². The number of hydrogen-bond donors (Lipinski definition) is 2. The zero-order valence-electron chi connectivity index (χ0n) is 11.2. The average Bonchev–Trinajstić information content (AvgIpc) is 2.88. The van der Waals surface area contributed by atoms with Gasteiger partial charge in [0.15, 0.2) is 0 Å². The molecule has 1 amide bonds. The number of aryl methyl sites for hydroxylation is 2. The van der Waals surface area contributed by atoms with Gasteiger partial charge in [-0.1, -0.05) is 0 Å². The molecular weight excluding hydrogens is 294 g/mol. The first-order chi connectivity index (χ1) is 10.0. The van der Waals surface area contributed by atoms with E-state index in [0.717, 1.165) is 31.7 Å². The van der Waals surface area contributed by atoms with E-state index in [-0.39, 0.29) is 17.3 Å². The summed E-state index contributed by atoms with van der Waals surface area (Å²) in [6.45, 7) is 0. The topological polar surface area (TPSA) is 55.1 Å². The van der Waals surface area contributed by atoms with Crippen LogP contribution in [-0.4, -0.2) is 5.91 Å². The molecule has 0 unspecified atom stereocenters. The van der Waals surface area contributed by atoms with Crippen LogP contribution < -0.4 is 11.1 Å². The van der Waals surface area contributed by atoms with Gasteiger partial charge in [-0.2, -0.15) is 0 Å². The minimum absolute atomic E-state index is 0.106. The van der Waals surface area contributed by atoms with Gasteiger partial charge in [-0.05, 0) is 43.4 Å². The van der Waals surface area contributed by atoms with Gasteiger partial charge in [0.05, 0.1) is 16.3 Å². The standard InChI is InChI=1S/C15H14F2N2OS/c16-9-6-10(17)12(7-11(9)18)19-15(20)14-5-8-3-1-2-4-13(8)21-14/h5-7H,1-4,18H2,(H,19,20). The number of nitrogens with one attached hydrogen (secondary N) is 1. The smallest absolute Gasteiger partial charge is 0.265 e. The fourth-order valence-electron chi connectivity index (χ4n) is 2.45. The lowest BCUT2D eigenvalue weighted by Crippen LogP contribution is -2.12. The number of amides is 1. The third kappa shape index (κ3) is 2.76. The first-order valence-corrected chi connectivity index (χ1v) is 7.53. The molecule has 0 saturated carbocycles. The molecule has 0 saturated heterocycles. The van der Waals surface area contributed by atoms with Gasteiger partial charge >= 0.3 is 0 Å². The molecule has 3 nitrogen and oxygen atoms in total. The second kappa shape index (κ2) is 5.44. The number of carbonyl (C=O) groups is 1. The zero-order chi connectivity index (χ0) is 15.0. The van der Waals surface area contributed by atoms with Crippen molar-refractivity contribution < 1.29 is 13.6 Å². The molecule has 110 valence electrons. The monoisotopic (exact) mass is 308 g/mol. The summed E-state index contributed by atoms with van der Waals surface area (Å²) in [6.07, 6.45) is 4.24. The summed E-state index contributed by atoms with van der Waals surface area (Å²) in [4.78, 5) is 14.0. The molecular formula is C15H14F2N2OS. The van der Waals surface area contributed by atoms with Crippen LogP contribution in [0.3, 0.4) is 0 Å². The van der Waals surface area contributed by atoms with Gasteiger partial charge in [0, 0.05) is 10.9 Å². The van der Waals surface area contributed by atoms with E-state index in [1.165, 1.54) is 21.8 Å². The van der Waals surface area contributed by atoms with Crippen LogP contribution >= 0.6 is 11.3 Å². The van der Waals surface area contributed by atoms with Gasteiger partial charge in [0.1, 0.15) is 11.6 Å². The normalized spacial score (nSPS) is 13.8. The maximum atomic E-state index is 13.6. The zero-order valence-corrected chi connectivity index (χ0v) is 12.0. The van der Waals surface area contributed by atoms with Crippen LogP contribution in [0, 0.1) is 11.6 Å². The van der Waals surface area contributed by atoms with Gasteiger partial charge in [0.2, 0.25) is 0 Å². The number of fused-ring (bicyclic) bond motifs is 1. The number of halogens is 2. The summed E-state index contributed by atoms with van der Waals surface area (Å²) in [5, 5.41) is 2.45. The van der Waals surface area contributed by atoms with Crippen molar-refractivity contribution >= 4 is 28.6 Å². The second-order valence-electron chi connectivity index (χ2n) is 5.07. The van der Waals surface area contributed by atoms with E-state index in [9.17, 15) is 13.6 Å². The summed E-state index contributed by atoms with van der Waals surface area (Å²) in [7, 11) is 0. The number of nitrogens with two attached hydrogens (primary N) is 1. The molecule has 1 aromatic carbocycles. The van der Waals surface area contributed by atoms with E-state index in [1.54, 1.807) is 0 Å². The molecule has 0 atom stereocenters. The molecule has 0 radical (unpaired) electrons. The highest BCUT2D eigenvalue weighted by Gasteiger charge is 2.18. The number of rotatable bonds is 2. The number of thiophene rings is 1. The Hall–Kier alpha value is -1.95. The fourth-order valence-corrected chi connectivity index (χ4v) is 3.60. The highest BCUT2D eigenvalue weighted by Crippen LogP contribution is 2.30. The van der Waals surface area contributed by atoms with E-state index in [1.807, 2.05) is 6.07 Å². The summed E-state index contributed by atoms with van der Waals surface area (Å²) in [5.74, 6) is -2.06. The number of anilines is 2. The quantitative estimate of drug-likeness (QED) is 0.830. The minimum atomic E-state index is -0.837. The Morgan fingerprint density at radius 1 is 1.14 bits per heavy atom. The minimum Gasteiger partial charge on any atom is -0.396 e. The van der Waals surface area contributed by atoms with Gasteiger partial charge in [-0.25, -0.2) is 8.78 Å². The van der Waals surface area contributed by atoms with Crippen LogP contribution in [0.4, 0.5) is 20.2 Å². The maximum Gasteiger partial charge on any atom is 0.265 e. The molecule has 3 rings (SSSR count). The molecule has 3 N–H and O–H groups in total. The van der Waals surface area contributed by atoms with Crippen molar-refractivity contribution in [2.45, 2.75) is 25.7 Å². The van der Waals surface area contributed by atoms with Crippen LogP contribution in [0.2, 0.25) is 0 Å². The first kappa shape index (κ1) is 14.0. The molecule has 1 aliphatic rings. The average molecular weight is 308 g/mol. The lowest BCUT2D eigenvalue weighted by Gasteiger charge is -2.08. The molecule has 0 aliphatic heterocycles. The molecule has 6 heteroatoms. The number of hydrogen-bond acceptors (Lipinski definition) is 3. The largest absolute Gasteiger partial charge is 0.396 e. The SMILES string of the molecule is Nc1cc(NC(=O)c2cc3c(s2)CCCC3)c(F)cc1F. The molecule has 0 bridgehead atoms. The second-order valence-corrected chi connectivity index (χ2v) is 6.21. The van der Waals surface area contributed by atoms with Crippen LogP contribution in [-0.2, 0) is 12.8 Å². The lowest BCUT2D eigenvalue weighted by atomic mass is 9.99. The Morgan fingerprint density at radius 3 is 2.67 bits per heavy atom. The molecule has 21 heavy (non-hydrogen) atoms. The van der Waals surface area contributed by atoms with Gasteiger partial charge in [0.25, 0.3) is 5.91 Å². The summed E-state index contributed by atoms with van der Waals surface area (Å²) >= 11 is 1.44. The Morgan fingerprint density at radius 2 is 1.90 bits per heavy atom. The molecule has 1 aromatic heterocycles. The van der Waals surface area contributed by atoms with Crippen molar-refractivity contribution in [1.29, 1.82) is 0 Å². The predicted molar refractivity (Wildman–Crippen MR) is 79.7 cm³/mol. The fraction of sp³-hybridized carbons (Fsp3) is 0.267. The van der Waals surface area contributed by atoms with Gasteiger partial charge in [-0.3, -0.25) is 4.79 Å². The summed E-state index contributed by atoms with van der Waals surface area (Å²) in [5.41, 5.74) is 6.29. The first-order valence-electron chi connectivity index (χ1n) is 6.72. The Labute approximate surface area is 124 Å². The van der Waals surface area contributed by atoms with Crippen LogP contribution in [0.5, 0.6) is 0 Å². The van der Waals surface area contributed by atoms with E-state index in [0.29, 0.717) is 10.9 Å². The third-order valence-corrected chi connectivity index (χ3v) is 4.79. The molecule has 1 heterocycles. The van der Waals surface area contributed by atoms with Gasteiger partial charge < -0.3 is 11.1 Å². The van der Waals surface area contributed by atoms with E-state index < -0.39 is 11.6 Å². The van der Waals surface area contributed by atoms with Crippen molar-refractivity contribution in [3.8, 4) is 0 Å². The van der Waals surface area contributed by atoms with Gasteiger partial charge in [-0.15, -0.1) is 11.3 Å². The van der Waals surface area contributed by atoms with Crippen molar-refractivity contribution in [2.75, 3.05) is 11.1 Å².